The van der Waals surface area contributed by atoms with Gasteiger partial charge in [0.05, 0.1) is 11.6 Å². The molecule has 0 unspecified atom stereocenters. The molecular formula is C26H32FN5O3. The molecule has 1 fully saturated rings. The van der Waals surface area contributed by atoms with Gasteiger partial charge in [-0.25, -0.2) is 13.9 Å². The highest BCUT2D eigenvalue weighted by Crippen LogP contribution is 2.30. The Bertz CT molecular complexity index is 1240. The van der Waals surface area contributed by atoms with Crippen LogP contribution in [0.25, 0.3) is 22.2 Å². The lowest BCUT2D eigenvalue weighted by Gasteiger charge is -2.33. The Morgan fingerprint density at radius 2 is 1.83 bits per heavy atom. The Kier molecular flexibility index (Phi) is 6.78. The van der Waals surface area contributed by atoms with Crippen LogP contribution in [-0.2, 0) is 4.74 Å². The van der Waals surface area contributed by atoms with Gasteiger partial charge in [-0.15, -0.1) is 5.10 Å². The van der Waals surface area contributed by atoms with Gasteiger partial charge in [-0.3, -0.25) is 4.79 Å². The molecule has 0 spiro atoms. The SMILES string of the molecule is CC(C)NC(=O)c1ccc(-c2ccc3c(c2)nnn3C2CCN(C(=O)OC(C)(C)C)CC2)c(F)c1. The molecule has 0 aliphatic carbocycles. The van der Waals surface area contributed by atoms with E-state index in [0.717, 1.165) is 18.4 Å². The van der Waals surface area contributed by atoms with Crippen LogP contribution in [0.2, 0.25) is 0 Å². The van der Waals surface area contributed by atoms with Crippen molar-refractivity contribution in [3.05, 3.63) is 47.8 Å². The number of carbonyl (C=O) groups is 2. The molecule has 1 N–H and O–H groups in total. The zero-order valence-corrected chi connectivity index (χ0v) is 20.8. The summed E-state index contributed by atoms with van der Waals surface area (Å²) in [6.45, 7) is 10.5. The highest BCUT2D eigenvalue weighted by Gasteiger charge is 2.28. The number of nitrogens with one attached hydrogen (secondary N) is 1. The molecule has 2 aromatic carbocycles. The van der Waals surface area contributed by atoms with Gasteiger partial charge in [-0.05, 0) is 77.3 Å². The van der Waals surface area contributed by atoms with E-state index in [2.05, 4.69) is 15.6 Å². The van der Waals surface area contributed by atoms with Crippen molar-refractivity contribution in [3.63, 3.8) is 0 Å². The number of hydrogen-bond donors (Lipinski definition) is 1. The number of amides is 2. The summed E-state index contributed by atoms with van der Waals surface area (Å²) in [6.07, 6.45) is 1.20. The minimum atomic E-state index is -0.520. The maximum absolute atomic E-state index is 14.9. The quantitative estimate of drug-likeness (QED) is 0.570. The third-order valence-corrected chi connectivity index (χ3v) is 5.90. The lowest BCUT2D eigenvalue weighted by molar-refractivity contribution is 0.0185. The fraction of sp³-hybridized carbons (Fsp3) is 0.462. The summed E-state index contributed by atoms with van der Waals surface area (Å²) in [4.78, 5) is 26.2. The van der Waals surface area contributed by atoms with Crippen molar-refractivity contribution in [3.8, 4) is 11.1 Å². The third kappa shape index (κ3) is 5.61. The Morgan fingerprint density at radius 1 is 1.11 bits per heavy atom. The monoisotopic (exact) mass is 481 g/mol. The minimum Gasteiger partial charge on any atom is -0.444 e. The standard InChI is InChI=1S/C26H32FN5O3/c1-16(2)28-24(33)18-6-8-20(21(27)14-18)17-7-9-23-22(15-17)29-30-32(23)19-10-12-31(13-11-19)25(34)35-26(3,4)5/h6-9,14-16,19H,10-13H2,1-5H3,(H,28,33). The van der Waals surface area contributed by atoms with Crippen LogP contribution in [0.1, 0.15) is 63.9 Å². The number of halogens is 1. The smallest absolute Gasteiger partial charge is 0.410 e. The Labute approximate surface area is 204 Å². The van der Waals surface area contributed by atoms with Crippen LogP contribution >= 0.6 is 0 Å². The summed E-state index contributed by atoms with van der Waals surface area (Å²) in [7, 11) is 0. The molecule has 1 saturated heterocycles. The number of ether oxygens (including phenoxy) is 1. The highest BCUT2D eigenvalue weighted by molar-refractivity contribution is 5.95. The molecule has 2 amide bonds. The molecule has 0 atom stereocenters. The van der Waals surface area contributed by atoms with Crippen molar-refractivity contribution >= 4 is 23.0 Å². The Hall–Kier alpha value is -3.49. The van der Waals surface area contributed by atoms with Gasteiger partial charge in [0.15, 0.2) is 0 Å². The van der Waals surface area contributed by atoms with Gasteiger partial charge in [-0.2, -0.15) is 0 Å². The fourth-order valence-electron chi connectivity index (χ4n) is 4.23. The second-order valence-corrected chi connectivity index (χ2v) is 10.3. The van der Waals surface area contributed by atoms with Gasteiger partial charge in [0.25, 0.3) is 5.91 Å². The summed E-state index contributed by atoms with van der Waals surface area (Å²) in [6, 6.07) is 10.1. The van der Waals surface area contributed by atoms with Crippen LogP contribution < -0.4 is 5.32 Å². The first kappa shape index (κ1) is 24.6. The molecule has 3 aromatic rings. The summed E-state index contributed by atoms with van der Waals surface area (Å²) in [5, 5.41) is 11.4. The molecule has 4 rings (SSSR count). The average molecular weight is 482 g/mol. The summed E-state index contributed by atoms with van der Waals surface area (Å²) < 4.78 is 22.2. The van der Waals surface area contributed by atoms with Crippen molar-refractivity contribution in [1.82, 2.24) is 25.2 Å². The van der Waals surface area contributed by atoms with E-state index in [1.54, 1.807) is 23.1 Å². The van der Waals surface area contributed by atoms with E-state index in [4.69, 9.17) is 4.74 Å². The highest BCUT2D eigenvalue weighted by atomic mass is 19.1. The van der Waals surface area contributed by atoms with Crippen molar-refractivity contribution in [2.45, 2.75) is 65.1 Å². The molecule has 8 nitrogen and oxygen atoms in total. The number of fused-ring (bicyclic) bond motifs is 1. The topological polar surface area (TPSA) is 89.4 Å². The van der Waals surface area contributed by atoms with Crippen LogP contribution in [0.3, 0.4) is 0 Å². The number of carbonyl (C=O) groups excluding carboxylic acids is 2. The molecular weight excluding hydrogens is 449 g/mol. The van der Waals surface area contributed by atoms with Crippen molar-refractivity contribution in [1.29, 1.82) is 0 Å². The van der Waals surface area contributed by atoms with E-state index in [0.29, 0.717) is 29.7 Å². The molecule has 1 aliphatic rings. The van der Waals surface area contributed by atoms with Gasteiger partial charge in [0, 0.05) is 30.3 Å². The first-order valence-electron chi connectivity index (χ1n) is 12.0. The molecule has 35 heavy (non-hydrogen) atoms. The lowest BCUT2D eigenvalue weighted by Crippen LogP contribution is -2.42. The van der Waals surface area contributed by atoms with Crippen LogP contribution in [0.15, 0.2) is 36.4 Å². The van der Waals surface area contributed by atoms with E-state index in [-0.39, 0.29) is 29.6 Å². The van der Waals surface area contributed by atoms with Crippen molar-refractivity contribution in [2.24, 2.45) is 0 Å². The number of benzene rings is 2. The third-order valence-electron chi connectivity index (χ3n) is 5.90. The fourth-order valence-corrected chi connectivity index (χ4v) is 4.23. The summed E-state index contributed by atoms with van der Waals surface area (Å²) >= 11 is 0. The van der Waals surface area contributed by atoms with Crippen LogP contribution in [0, 0.1) is 5.82 Å². The number of nitrogens with zero attached hydrogens (tertiary/aromatic N) is 4. The maximum atomic E-state index is 14.9. The predicted octanol–water partition coefficient (Wildman–Crippen LogP) is 4.95. The van der Waals surface area contributed by atoms with Crippen LogP contribution in [-0.4, -0.2) is 56.6 Å². The Balaban J connectivity index is 1.49. The van der Waals surface area contributed by atoms with E-state index in [9.17, 15) is 14.0 Å². The van der Waals surface area contributed by atoms with E-state index < -0.39 is 11.4 Å². The zero-order valence-electron chi connectivity index (χ0n) is 20.8. The minimum absolute atomic E-state index is 0.0280. The first-order valence-corrected chi connectivity index (χ1v) is 12.0. The van der Waals surface area contributed by atoms with Gasteiger partial charge in [0.1, 0.15) is 16.9 Å². The molecule has 2 heterocycles. The van der Waals surface area contributed by atoms with Gasteiger partial charge in [0.2, 0.25) is 0 Å². The number of piperidine rings is 1. The number of hydrogen-bond acceptors (Lipinski definition) is 5. The van der Waals surface area contributed by atoms with Crippen molar-refractivity contribution < 1.29 is 18.7 Å². The molecule has 9 heteroatoms. The molecule has 1 aromatic heterocycles. The molecule has 0 bridgehead atoms. The summed E-state index contributed by atoms with van der Waals surface area (Å²) in [5.74, 6) is -0.774. The number of likely N-dealkylation sites (tertiary alicyclic amines) is 1. The second kappa shape index (κ2) is 9.64. The van der Waals surface area contributed by atoms with Gasteiger partial charge >= 0.3 is 6.09 Å². The zero-order chi connectivity index (χ0) is 25.3. The van der Waals surface area contributed by atoms with E-state index in [1.807, 2.05) is 51.4 Å². The largest absolute Gasteiger partial charge is 0.444 e. The van der Waals surface area contributed by atoms with Crippen LogP contribution in [0.5, 0.6) is 0 Å². The molecule has 1 aliphatic heterocycles. The maximum Gasteiger partial charge on any atom is 0.410 e. The van der Waals surface area contributed by atoms with E-state index >= 15 is 0 Å². The first-order chi connectivity index (χ1) is 16.5. The molecule has 0 radical (unpaired) electrons. The van der Waals surface area contributed by atoms with Gasteiger partial charge in [-0.1, -0.05) is 17.3 Å². The molecule has 0 saturated carbocycles. The van der Waals surface area contributed by atoms with E-state index in [1.165, 1.54) is 6.07 Å². The predicted molar refractivity (Wildman–Crippen MR) is 132 cm³/mol. The van der Waals surface area contributed by atoms with Crippen LogP contribution in [0.4, 0.5) is 9.18 Å². The summed E-state index contributed by atoms with van der Waals surface area (Å²) in [5.41, 5.74) is 2.35. The number of aromatic nitrogens is 3. The average Bonchev–Trinajstić information content (AvgIpc) is 3.20. The second-order valence-electron chi connectivity index (χ2n) is 10.3. The Morgan fingerprint density at radius 3 is 2.46 bits per heavy atom. The number of rotatable bonds is 4. The normalized spacial score (nSPS) is 15.0. The van der Waals surface area contributed by atoms with Crippen molar-refractivity contribution in [2.75, 3.05) is 13.1 Å². The molecule has 186 valence electrons. The lowest BCUT2D eigenvalue weighted by atomic mass is 10.0. The van der Waals surface area contributed by atoms with Gasteiger partial charge < -0.3 is 15.0 Å².